The molecule has 0 radical (unpaired) electrons. The Balaban J connectivity index is 1.99. The van der Waals surface area contributed by atoms with Crippen molar-refractivity contribution in [3.05, 3.63) is 46.8 Å². The Morgan fingerprint density at radius 2 is 2.16 bits per heavy atom. The third kappa shape index (κ3) is 3.80. The summed E-state index contributed by atoms with van der Waals surface area (Å²) in [5, 5.41) is 0. The Morgan fingerprint density at radius 1 is 1.37 bits per heavy atom. The molecule has 0 saturated carbocycles. The van der Waals surface area contributed by atoms with Gasteiger partial charge >= 0.3 is 0 Å². The summed E-state index contributed by atoms with van der Waals surface area (Å²) in [6, 6.07) is 10.9. The molecule has 2 aromatic rings. The quantitative estimate of drug-likeness (QED) is 0.697. The lowest BCUT2D eigenvalue weighted by molar-refractivity contribution is 0.100. The summed E-state index contributed by atoms with van der Waals surface area (Å²) in [6.45, 7) is 0. The lowest BCUT2D eigenvalue weighted by Gasteiger charge is -1.89. The minimum Gasteiger partial charge on any atom is -0.337 e. The van der Waals surface area contributed by atoms with Crippen LogP contribution in [-0.4, -0.2) is 28.2 Å². The van der Waals surface area contributed by atoms with Gasteiger partial charge in [-0.15, -0.1) is 4.99 Å². The Labute approximate surface area is 117 Å². The van der Waals surface area contributed by atoms with Gasteiger partial charge in [0.1, 0.15) is 17.0 Å². The number of rotatable bonds is 3. The second-order valence-corrected chi connectivity index (χ2v) is 4.09. The van der Waals surface area contributed by atoms with Crippen LogP contribution in [0.4, 0.5) is 5.82 Å². The summed E-state index contributed by atoms with van der Waals surface area (Å²) in [5.74, 6) is 0.0543. The van der Waals surface area contributed by atoms with Gasteiger partial charge in [0.25, 0.3) is 5.91 Å². The summed E-state index contributed by atoms with van der Waals surface area (Å²) in [6.07, 6.45) is 2.70. The van der Waals surface area contributed by atoms with E-state index in [1.165, 1.54) is 12.7 Å². The summed E-state index contributed by atoms with van der Waals surface area (Å²) >= 11 is 3.22. The van der Waals surface area contributed by atoms with Crippen LogP contribution in [0.5, 0.6) is 0 Å². The molecule has 2 rings (SSSR count). The molecule has 1 heterocycles. The lowest BCUT2D eigenvalue weighted by Crippen LogP contribution is -1.92. The van der Waals surface area contributed by atoms with Crippen LogP contribution >= 0.6 is 15.9 Å². The molecule has 0 bridgehead atoms. The molecule has 0 aliphatic heterocycles. The first-order chi connectivity index (χ1) is 9.27. The summed E-state index contributed by atoms with van der Waals surface area (Å²) in [5.41, 5.74) is 0.484. The number of benzene rings is 1. The number of hydrogen-bond donors (Lipinski definition) is 1. The zero-order valence-corrected chi connectivity index (χ0v) is 11.2. The van der Waals surface area contributed by atoms with Crippen molar-refractivity contribution in [3.8, 4) is 0 Å². The molecule has 1 N–H and O–H groups in total. The number of carbonyl (C=O) groups is 1. The number of imidazole rings is 1. The van der Waals surface area contributed by atoms with Crippen molar-refractivity contribution in [1.29, 1.82) is 0 Å². The van der Waals surface area contributed by atoms with Gasteiger partial charge in [-0.3, -0.25) is 4.79 Å². The van der Waals surface area contributed by atoms with Gasteiger partial charge in [-0.1, -0.05) is 18.2 Å². The Kier molecular flexibility index (Phi) is 4.49. The minimum atomic E-state index is -0.404. The van der Waals surface area contributed by atoms with E-state index >= 15 is 0 Å². The van der Waals surface area contributed by atoms with Crippen molar-refractivity contribution in [1.82, 2.24) is 9.97 Å². The highest BCUT2D eigenvalue weighted by Crippen LogP contribution is 2.18. The van der Waals surface area contributed by atoms with Gasteiger partial charge in [-0.05, 0) is 28.1 Å². The van der Waals surface area contributed by atoms with Crippen LogP contribution in [0.25, 0.3) is 0 Å². The Morgan fingerprint density at radius 3 is 2.84 bits per heavy atom. The average Bonchev–Trinajstić information content (AvgIpc) is 2.85. The maximum absolute atomic E-state index is 11.5. The summed E-state index contributed by atoms with van der Waals surface area (Å²) in [4.78, 5) is 29.4. The molecule has 0 aliphatic rings. The number of aromatic nitrogens is 2. The number of carbonyl (C=O) groups excluding carboxylic acids is 1. The molecular weight excluding hydrogens is 310 g/mol. The van der Waals surface area contributed by atoms with Crippen LogP contribution in [0.15, 0.2) is 56.2 Å². The standard InChI is InChI=1S/C12H8BrN5O/c13-10-11(17-8-15-10)16-6-14-7-18-12(19)9-4-2-1-3-5-9/h1-6,8H,(H,15,17)/b16-6+. The Bertz CT molecular complexity index is 656. The largest absolute Gasteiger partial charge is 0.337 e. The molecule has 0 spiro atoms. The van der Waals surface area contributed by atoms with Crippen LogP contribution in [0, 0.1) is 0 Å². The van der Waals surface area contributed by atoms with Gasteiger partial charge in [-0.2, -0.15) is 4.99 Å². The maximum Gasteiger partial charge on any atom is 0.286 e. The van der Waals surface area contributed by atoms with E-state index in [1.54, 1.807) is 24.3 Å². The first kappa shape index (κ1) is 13.1. The van der Waals surface area contributed by atoms with Crippen molar-refractivity contribution < 1.29 is 4.79 Å². The maximum atomic E-state index is 11.5. The van der Waals surface area contributed by atoms with Crippen LogP contribution in [-0.2, 0) is 0 Å². The number of H-pyrrole nitrogens is 1. The van der Waals surface area contributed by atoms with Crippen molar-refractivity contribution in [2.75, 3.05) is 0 Å². The van der Waals surface area contributed by atoms with E-state index in [9.17, 15) is 4.79 Å². The number of aliphatic imine (C=N–C) groups is 3. The molecule has 0 aliphatic carbocycles. The number of hydrogen-bond acceptors (Lipinski definition) is 3. The lowest BCUT2D eigenvalue weighted by atomic mass is 10.2. The van der Waals surface area contributed by atoms with Crippen molar-refractivity contribution in [2.24, 2.45) is 15.0 Å². The van der Waals surface area contributed by atoms with Crippen LogP contribution < -0.4 is 0 Å². The molecule has 7 heteroatoms. The normalized spacial score (nSPS) is 10.2. The van der Waals surface area contributed by atoms with Crippen molar-refractivity contribution in [2.45, 2.75) is 0 Å². The van der Waals surface area contributed by atoms with Gasteiger partial charge in [0.2, 0.25) is 0 Å². The zero-order chi connectivity index (χ0) is 13.5. The van der Waals surface area contributed by atoms with Crippen LogP contribution in [0.3, 0.4) is 0 Å². The zero-order valence-electron chi connectivity index (χ0n) is 9.62. The van der Waals surface area contributed by atoms with Crippen LogP contribution in [0.2, 0.25) is 0 Å². The predicted octanol–water partition coefficient (Wildman–Crippen LogP) is 2.85. The highest BCUT2D eigenvalue weighted by molar-refractivity contribution is 9.10. The number of aromatic amines is 1. The molecule has 1 aromatic heterocycles. The van der Waals surface area contributed by atoms with Gasteiger partial charge in [0, 0.05) is 5.56 Å². The highest BCUT2D eigenvalue weighted by Gasteiger charge is 1.99. The van der Waals surface area contributed by atoms with Crippen LogP contribution in [0.1, 0.15) is 10.4 Å². The second-order valence-electron chi connectivity index (χ2n) is 3.30. The number of halogens is 1. The summed E-state index contributed by atoms with van der Waals surface area (Å²) in [7, 11) is 0. The van der Waals surface area contributed by atoms with E-state index in [-0.39, 0.29) is 0 Å². The smallest absolute Gasteiger partial charge is 0.286 e. The predicted molar refractivity (Wildman–Crippen MR) is 75.1 cm³/mol. The topological polar surface area (TPSA) is 82.8 Å². The molecule has 1 aromatic carbocycles. The first-order valence-electron chi connectivity index (χ1n) is 5.24. The number of nitrogens with zero attached hydrogens (tertiary/aromatic N) is 4. The second kappa shape index (κ2) is 6.53. The van der Waals surface area contributed by atoms with Gasteiger partial charge in [0.05, 0.1) is 6.33 Å². The molecule has 0 fully saturated rings. The number of nitrogens with one attached hydrogen (secondary N) is 1. The molecule has 0 atom stereocenters. The first-order valence-corrected chi connectivity index (χ1v) is 6.03. The van der Waals surface area contributed by atoms with Crippen molar-refractivity contribution in [3.63, 3.8) is 0 Å². The molecule has 6 nitrogen and oxygen atoms in total. The molecule has 0 saturated heterocycles. The average molecular weight is 318 g/mol. The SMILES string of the molecule is O=C(N=C=N/C=N/c1nc[nH]c1Br)c1ccccc1. The fourth-order valence-electron chi connectivity index (χ4n) is 1.19. The molecule has 0 unspecified atom stereocenters. The molecule has 94 valence electrons. The monoisotopic (exact) mass is 317 g/mol. The van der Waals surface area contributed by atoms with Crippen molar-refractivity contribution >= 4 is 40.0 Å². The third-order valence-corrected chi connectivity index (χ3v) is 2.63. The molecule has 1 amide bonds. The van der Waals surface area contributed by atoms with E-state index < -0.39 is 5.91 Å². The molecule has 19 heavy (non-hydrogen) atoms. The van der Waals surface area contributed by atoms with E-state index in [4.69, 9.17) is 0 Å². The van der Waals surface area contributed by atoms with E-state index in [1.807, 2.05) is 6.07 Å². The Hall–Kier alpha value is -2.37. The van der Waals surface area contributed by atoms with Gasteiger partial charge < -0.3 is 4.98 Å². The fraction of sp³-hybridized carbons (Fsp3) is 0. The summed E-state index contributed by atoms with van der Waals surface area (Å²) < 4.78 is 0.649. The third-order valence-electron chi connectivity index (χ3n) is 2.04. The minimum absolute atomic E-state index is 0.404. The van der Waals surface area contributed by atoms with Gasteiger partial charge in [0.15, 0.2) is 5.82 Å². The van der Waals surface area contributed by atoms with E-state index in [0.29, 0.717) is 16.0 Å². The fourth-order valence-corrected chi connectivity index (χ4v) is 1.50. The van der Waals surface area contributed by atoms with Gasteiger partial charge in [-0.25, -0.2) is 9.98 Å². The molecular formula is C12H8BrN5O. The number of amides is 1. The highest BCUT2D eigenvalue weighted by atomic mass is 79.9. The van der Waals surface area contributed by atoms with E-state index in [0.717, 1.165) is 0 Å². The van der Waals surface area contributed by atoms with E-state index in [2.05, 4.69) is 46.9 Å².